The average molecular weight is 170 g/mol. The fraction of sp³-hybridized carbons (Fsp3) is 1.00. The Morgan fingerprint density at radius 2 is 2.00 bits per heavy atom. The maximum absolute atomic E-state index is 10.8. The lowest BCUT2D eigenvalue weighted by Gasteiger charge is -2.43. The van der Waals surface area contributed by atoms with Gasteiger partial charge in [0.05, 0.1) is 0 Å². The third kappa shape index (κ3) is 0.941. The van der Waals surface area contributed by atoms with Gasteiger partial charge in [0, 0.05) is 30.2 Å². The van der Waals surface area contributed by atoms with Crippen LogP contribution in [-0.2, 0) is 0 Å². The summed E-state index contributed by atoms with van der Waals surface area (Å²) in [7, 11) is 0. The van der Waals surface area contributed by atoms with E-state index >= 15 is 0 Å². The Morgan fingerprint density at radius 3 is 2.33 bits per heavy atom. The molecule has 0 aliphatic heterocycles. The van der Waals surface area contributed by atoms with Crippen molar-refractivity contribution in [3.8, 4) is 0 Å². The number of nitrogens with zero attached hydrogens (tertiary/aromatic N) is 1. The van der Waals surface area contributed by atoms with E-state index in [1.807, 2.05) is 0 Å². The van der Waals surface area contributed by atoms with Crippen LogP contribution in [0.25, 0.3) is 0 Å². The summed E-state index contributed by atoms with van der Waals surface area (Å²) in [4.78, 5) is 10.7. The minimum absolute atomic E-state index is 0.0814. The van der Waals surface area contributed by atoms with Crippen molar-refractivity contribution in [3.63, 3.8) is 0 Å². The van der Waals surface area contributed by atoms with Gasteiger partial charge in [-0.1, -0.05) is 0 Å². The summed E-state index contributed by atoms with van der Waals surface area (Å²) in [5.41, 5.74) is 5.19. The number of nitrogens with two attached hydrogens (primary N) is 1. The first-order valence-corrected chi connectivity index (χ1v) is 4.54. The van der Waals surface area contributed by atoms with Crippen molar-refractivity contribution in [2.45, 2.75) is 43.7 Å². The van der Waals surface area contributed by atoms with Gasteiger partial charge in [0.1, 0.15) is 0 Å². The molecule has 4 heteroatoms. The quantitative estimate of drug-likeness (QED) is 0.470. The summed E-state index contributed by atoms with van der Waals surface area (Å²) in [6, 6.07) is 0.0814. The molecule has 4 nitrogen and oxygen atoms in total. The third-order valence-corrected chi connectivity index (χ3v) is 3.57. The minimum Gasteiger partial charge on any atom is -0.327 e. The third-order valence-electron chi connectivity index (χ3n) is 3.57. The minimum atomic E-state index is -0.645. The molecular weight excluding hydrogens is 156 g/mol. The molecule has 12 heavy (non-hydrogen) atoms. The summed E-state index contributed by atoms with van der Waals surface area (Å²) in [5.74, 6) is 0.562. The molecule has 0 aromatic carbocycles. The van der Waals surface area contributed by atoms with Gasteiger partial charge in [0.25, 0.3) is 0 Å². The van der Waals surface area contributed by atoms with Crippen LogP contribution in [0.4, 0.5) is 0 Å². The highest BCUT2D eigenvalue weighted by molar-refractivity contribution is 4.98. The molecular formula is C8H14N2O2. The fourth-order valence-corrected chi connectivity index (χ4v) is 2.67. The van der Waals surface area contributed by atoms with E-state index in [4.69, 9.17) is 5.73 Å². The Kier molecular flexibility index (Phi) is 1.61. The monoisotopic (exact) mass is 170 g/mol. The van der Waals surface area contributed by atoms with Crippen molar-refractivity contribution >= 4 is 0 Å². The maximum Gasteiger partial charge on any atom is 0.223 e. The van der Waals surface area contributed by atoms with Gasteiger partial charge < -0.3 is 5.73 Å². The zero-order chi connectivity index (χ0) is 8.77. The summed E-state index contributed by atoms with van der Waals surface area (Å²) in [5, 5.41) is 10.8. The van der Waals surface area contributed by atoms with Gasteiger partial charge in [-0.2, -0.15) is 0 Å². The smallest absolute Gasteiger partial charge is 0.223 e. The van der Waals surface area contributed by atoms with Crippen LogP contribution in [0, 0.1) is 16.0 Å². The highest BCUT2D eigenvalue weighted by atomic mass is 16.6. The van der Waals surface area contributed by atoms with Crippen LogP contribution in [0.1, 0.15) is 32.1 Å². The number of fused-ring (bicyclic) bond motifs is 3. The molecule has 3 fully saturated rings. The van der Waals surface area contributed by atoms with E-state index in [1.54, 1.807) is 0 Å². The molecule has 3 saturated carbocycles. The van der Waals surface area contributed by atoms with Crippen LogP contribution < -0.4 is 5.73 Å². The van der Waals surface area contributed by atoms with Crippen LogP contribution >= 0.6 is 0 Å². The second kappa shape index (κ2) is 2.42. The molecule has 3 aliphatic rings. The van der Waals surface area contributed by atoms with Gasteiger partial charge in [0.2, 0.25) is 5.54 Å². The molecule has 68 valence electrons. The molecule has 2 bridgehead atoms. The molecule has 1 unspecified atom stereocenters. The van der Waals surface area contributed by atoms with Gasteiger partial charge in [-0.25, -0.2) is 0 Å². The Bertz CT molecular complexity index is 209. The molecule has 0 aromatic rings. The molecule has 3 rings (SSSR count). The molecule has 2 N–H and O–H groups in total. The fourth-order valence-electron chi connectivity index (χ4n) is 2.67. The van der Waals surface area contributed by atoms with E-state index in [9.17, 15) is 10.1 Å². The largest absolute Gasteiger partial charge is 0.327 e. The number of rotatable bonds is 1. The number of hydrogen-bond acceptors (Lipinski definition) is 3. The lowest BCUT2D eigenvalue weighted by atomic mass is 9.64. The Balaban J connectivity index is 2.21. The van der Waals surface area contributed by atoms with E-state index in [-0.39, 0.29) is 11.0 Å². The maximum atomic E-state index is 10.8. The lowest BCUT2D eigenvalue weighted by molar-refractivity contribution is -0.582. The van der Waals surface area contributed by atoms with E-state index < -0.39 is 5.54 Å². The van der Waals surface area contributed by atoms with Crippen molar-refractivity contribution in [2.75, 3.05) is 0 Å². The lowest BCUT2D eigenvalue weighted by Crippen LogP contribution is -2.55. The summed E-state index contributed by atoms with van der Waals surface area (Å²) < 4.78 is 0. The van der Waals surface area contributed by atoms with Crippen molar-refractivity contribution in [3.05, 3.63) is 10.1 Å². The van der Waals surface area contributed by atoms with E-state index in [0.29, 0.717) is 12.3 Å². The van der Waals surface area contributed by atoms with Crippen LogP contribution in [0.3, 0.4) is 0 Å². The summed E-state index contributed by atoms with van der Waals surface area (Å²) >= 11 is 0. The Labute approximate surface area is 71.3 Å². The molecule has 3 aliphatic carbocycles. The van der Waals surface area contributed by atoms with E-state index in [2.05, 4.69) is 0 Å². The highest BCUT2D eigenvalue weighted by Gasteiger charge is 2.53. The number of hydrogen-bond donors (Lipinski definition) is 1. The van der Waals surface area contributed by atoms with Crippen molar-refractivity contribution in [2.24, 2.45) is 11.7 Å². The Morgan fingerprint density at radius 1 is 1.42 bits per heavy atom. The molecule has 0 aromatic heterocycles. The summed E-state index contributed by atoms with van der Waals surface area (Å²) in [6.07, 6.45) is 4.02. The zero-order valence-electron chi connectivity index (χ0n) is 7.03. The van der Waals surface area contributed by atoms with Gasteiger partial charge in [-0.3, -0.25) is 10.1 Å². The predicted octanol–water partition coefficient (Wildman–Crippen LogP) is 0.923. The first-order chi connectivity index (χ1) is 5.64. The van der Waals surface area contributed by atoms with Crippen LogP contribution in [0.2, 0.25) is 0 Å². The van der Waals surface area contributed by atoms with Crippen LogP contribution in [0.5, 0.6) is 0 Å². The van der Waals surface area contributed by atoms with Gasteiger partial charge in [0.15, 0.2) is 0 Å². The molecule has 0 amide bonds. The van der Waals surface area contributed by atoms with Crippen molar-refractivity contribution < 1.29 is 4.92 Å². The van der Waals surface area contributed by atoms with Gasteiger partial charge in [-0.15, -0.1) is 0 Å². The van der Waals surface area contributed by atoms with Crippen molar-refractivity contribution in [1.29, 1.82) is 0 Å². The normalized spacial score (nSPS) is 46.1. The van der Waals surface area contributed by atoms with E-state index in [0.717, 1.165) is 25.7 Å². The predicted molar refractivity (Wildman–Crippen MR) is 44.3 cm³/mol. The van der Waals surface area contributed by atoms with Crippen molar-refractivity contribution in [1.82, 2.24) is 0 Å². The first-order valence-electron chi connectivity index (χ1n) is 4.54. The molecule has 0 spiro atoms. The van der Waals surface area contributed by atoms with Gasteiger partial charge >= 0.3 is 0 Å². The molecule has 1 atom stereocenters. The summed E-state index contributed by atoms with van der Waals surface area (Å²) in [6.45, 7) is 0. The second-order valence-corrected chi connectivity index (χ2v) is 4.19. The SMILES string of the molecule is NC1CC2([N+](=O)[O-])CCC1CC2. The average Bonchev–Trinajstić information content (AvgIpc) is 2.05. The first kappa shape index (κ1) is 7.98. The highest BCUT2D eigenvalue weighted by Crippen LogP contribution is 2.45. The Hall–Kier alpha value is -0.640. The number of nitro groups is 1. The van der Waals surface area contributed by atoms with Crippen LogP contribution in [-0.4, -0.2) is 16.5 Å². The molecule has 0 saturated heterocycles. The van der Waals surface area contributed by atoms with E-state index in [1.165, 1.54) is 0 Å². The van der Waals surface area contributed by atoms with Gasteiger partial charge in [-0.05, 0) is 18.8 Å². The van der Waals surface area contributed by atoms with Crippen LogP contribution in [0.15, 0.2) is 0 Å². The topological polar surface area (TPSA) is 69.2 Å². The second-order valence-electron chi connectivity index (χ2n) is 4.19. The molecule has 0 heterocycles. The standard InChI is InChI=1S/C8H14N2O2/c9-7-5-8(10(11)12)3-1-6(7)2-4-8/h6-7H,1-5,9H2. The molecule has 0 radical (unpaired) electrons. The zero-order valence-corrected chi connectivity index (χ0v) is 7.03.